The van der Waals surface area contributed by atoms with Crippen molar-refractivity contribution in [3.8, 4) is 0 Å². The van der Waals surface area contributed by atoms with Crippen LogP contribution in [0.5, 0.6) is 0 Å². The van der Waals surface area contributed by atoms with E-state index in [-0.39, 0.29) is 0 Å². The van der Waals surface area contributed by atoms with Crippen molar-refractivity contribution in [3.05, 3.63) is 23.4 Å². The number of anilines is 1. The molecule has 0 spiro atoms. The highest BCUT2D eigenvalue weighted by Crippen LogP contribution is 2.15. The zero-order chi connectivity index (χ0) is 10.7. The molecule has 1 atom stereocenters. The van der Waals surface area contributed by atoms with E-state index in [1.54, 1.807) is 6.20 Å². The first-order chi connectivity index (χ1) is 7.25. The molecule has 0 radical (unpaired) electrons. The molecule has 0 aromatic carbocycles. The first-order valence-electron chi connectivity index (χ1n) is 5.31. The van der Waals surface area contributed by atoms with Crippen molar-refractivity contribution in [2.24, 2.45) is 0 Å². The van der Waals surface area contributed by atoms with Gasteiger partial charge in [-0.25, -0.2) is 4.98 Å². The van der Waals surface area contributed by atoms with E-state index in [4.69, 9.17) is 11.6 Å². The van der Waals surface area contributed by atoms with Gasteiger partial charge in [-0.05, 0) is 38.6 Å². The minimum atomic E-state index is 0.641. The first-order valence-corrected chi connectivity index (χ1v) is 5.69. The highest BCUT2D eigenvalue weighted by atomic mass is 35.5. The second-order valence-electron chi connectivity index (χ2n) is 4.02. The molecular weight excluding hydrogens is 210 g/mol. The first kappa shape index (κ1) is 10.7. The Bertz CT molecular complexity index is 312. The lowest BCUT2D eigenvalue weighted by atomic mass is 10.2. The number of likely N-dealkylation sites (N-methyl/N-ethyl adjacent to an activating group) is 1. The van der Waals surface area contributed by atoms with E-state index < -0.39 is 0 Å². The second kappa shape index (κ2) is 4.81. The summed E-state index contributed by atoms with van der Waals surface area (Å²) in [6, 6.07) is 4.41. The van der Waals surface area contributed by atoms with Crippen LogP contribution < -0.4 is 5.32 Å². The number of hydrogen-bond donors (Lipinski definition) is 1. The summed E-state index contributed by atoms with van der Waals surface area (Å²) in [6.07, 6.45) is 4.25. The second-order valence-corrected chi connectivity index (χ2v) is 4.46. The average molecular weight is 226 g/mol. The Kier molecular flexibility index (Phi) is 3.44. The van der Waals surface area contributed by atoms with Gasteiger partial charge < -0.3 is 10.2 Å². The highest BCUT2D eigenvalue weighted by molar-refractivity contribution is 6.30. The zero-order valence-electron chi connectivity index (χ0n) is 8.91. The van der Waals surface area contributed by atoms with E-state index in [0.717, 1.165) is 12.4 Å². The summed E-state index contributed by atoms with van der Waals surface area (Å²) in [4.78, 5) is 6.59. The summed E-state index contributed by atoms with van der Waals surface area (Å²) >= 11 is 5.76. The summed E-state index contributed by atoms with van der Waals surface area (Å²) in [6.45, 7) is 2.17. The van der Waals surface area contributed by atoms with E-state index in [9.17, 15) is 0 Å². The third-order valence-electron chi connectivity index (χ3n) is 2.92. The van der Waals surface area contributed by atoms with Gasteiger partial charge >= 0.3 is 0 Å². The van der Waals surface area contributed by atoms with Gasteiger partial charge in [-0.3, -0.25) is 0 Å². The molecule has 0 bridgehead atoms. The van der Waals surface area contributed by atoms with E-state index in [1.165, 1.54) is 19.4 Å². The van der Waals surface area contributed by atoms with Gasteiger partial charge in [0.1, 0.15) is 5.82 Å². The number of pyridine rings is 1. The molecule has 1 aromatic rings. The number of halogens is 1. The Labute approximate surface area is 95.4 Å². The third kappa shape index (κ3) is 2.83. The molecule has 2 rings (SSSR count). The van der Waals surface area contributed by atoms with Crippen LogP contribution >= 0.6 is 11.6 Å². The van der Waals surface area contributed by atoms with Gasteiger partial charge in [-0.1, -0.05) is 11.6 Å². The summed E-state index contributed by atoms with van der Waals surface area (Å²) in [5, 5.41) is 4.01. The van der Waals surface area contributed by atoms with E-state index >= 15 is 0 Å². The molecule has 2 heterocycles. The molecule has 3 nitrogen and oxygen atoms in total. The van der Waals surface area contributed by atoms with Crippen molar-refractivity contribution >= 4 is 17.4 Å². The average Bonchev–Trinajstić information content (AvgIpc) is 2.63. The largest absolute Gasteiger partial charge is 0.369 e. The zero-order valence-corrected chi connectivity index (χ0v) is 9.67. The predicted octanol–water partition coefficient (Wildman–Crippen LogP) is 2.24. The molecule has 0 aliphatic carbocycles. The summed E-state index contributed by atoms with van der Waals surface area (Å²) < 4.78 is 0. The minimum absolute atomic E-state index is 0.641. The van der Waals surface area contributed by atoms with Gasteiger partial charge in [0.05, 0.1) is 5.02 Å². The van der Waals surface area contributed by atoms with Crippen LogP contribution in [-0.4, -0.2) is 36.1 Å². The van der Waals surface area contributed by atoms with E-state index in [1.807, 2.05) is 12.1 Å². The minimum Gasteiger partial charge on any atom is -0.369 e. The number of hydrogen-bond acceptors (Lipinski definition) is 3. The standard InChI is InChI=1S/C11H16ClN3/c1-15-6-2-3-10(15)8-14-11-5-4-9(12)7-13-11/h4-5,7,10H,2-3,6,8H2,1H3,(H,13,14). The molecule has 0 saturated carbocycles. The maximum atomic E-state index is 5.76. The lowest BCUT2D eigenvalue weighted by molar-refractivity contribution is 0.322. The van der Waals surface area contributed by atoms with Crippen LogP contribution in [0.1, 0.15) is 12.8 Å². The van der Waals surface area contributed by atoms with Crippen molar-refractivity contribution in [3.63, 3.8) is 0 Å². The van der Waals surface area contributed by atoms with Crippen molar-refractivity contribution in [2.75, 3.05) is 25.5 Å². The molecular formula is C11H16ClN3. The summed E-state index contributed by atoms with van der Waals surface area (Å²) in [5.74, 6) is 0.903. The van der Waals surface area contributed by atoms with Crippen molar-refractivity contribution in [1.29, 1.82) is 0 Å². The molecule has 1 N–H and O–H groups in total. The maximum absolute atomic E-state index is 5.76. The van der Waals surface area contributed by atoms with Crippen LogP contribution in [0.25, 0.3) is 0 Å². The quantitative estimate of drug-likeness (QED) is 0.855. The Morgan fingerprint density at radius 1 is 1.60 bits per heavy atom. The van der Waals surface area contributed by atoms with Crippen molar-refractivity contribution in [1.82, 2.24) is 9.88 Å². The van der Waals surface area contributed by atoms with Gasteiger partial charge in [-0.15, -0.1) is 0 Å². The molecule has 0 amide bonds. The fraction of sp³-hybridized carbons (Fsp3) is 0.545. The molecule has 1 fully saturated rings. The third-order valence-corrected chi connectivity index (χ3v) is 3.14. The van der Waals surface area contributed by atoms with Crippen molar-refractivity contribution < 1.29 is 0 Å². The Balaban J connectivity index is 1.85. The Morgan fingerprint density at radius 2 is 2.47 bits per heavy atom. The van der Waals surface area contributed by atoms with Crippen molar-refractivity contribution in [2.45, 2.75) is 18.9 Å². The normalized spacial score (nSPS) is 21.9. The van der Waals surface area contributed by atoms with Gasteiger partial charge in [0.15, 0.2) is 0 Å². The van der Waals surface area contributed by atoms with Gasteiger partial charge in [0, 0.05) is 18.8 Å². The molecule has 1 aliphatic heterocycles. The molecule has 1 unspecified atom stereocenters. The Hall–Kier alpha value is -0.800. The molecule has 1 aliphatic rings. The van der Waals surface area contributed by atoms with Gasteiger partial charge in [0.2, 0.25) is 0 Å². The fourth-order valence-corrected chi connectivity index (χ4v) is 2.05. The smallest absolute Gasteiger partial charge is 0.126 e. The van der Waals surface area contributed by atoms with Crippen LogP contribution in [0.4, 0.5) is 5.82 Å². The highest BCUT2D eigenvalue weighted by Gasteiger charge is 2.20. The predicted molar refractivity (Wildman–Crippen MR) is 63.4 cm³/mol. The lowest BCUT2D eigenvalue weighted by Gasteiger charge is -2.19. The Morgan fingerprint density at radius 3 is 3.07 bits per heavy atom. The molecule has 1 aromatic heterocycles. The van der Waals surface area contributed by atoms with Gasteiger partial charge in [-0.2, -0.15) is 0 Å². The van der Waals surface area contributed by atoms with Crippen LogP contribution in [0.3, 0.4) is 0 Å². The van der Waals surface area contributed by atoms with E-state index in [2.05, 4.69) is 22.2 Å². The number of nitrogens with one attached hydrogen (secondary N) is 1. The van der Waals surface area contributed by atoms with Gasteiger partial charge in [0.25, 0.3) is 0 Å². The number of likely N-dealkylation sites (tertiary alicyclic amines) is 1. The lowest BCUT2D eigenvalue weighted by Crippen LogP contribution is -2.31. The van der Waals surface area contributed by atoms with Crippen LogP contribution in [0, 0.1) is 0 Å². The maximum Gasteiger partial charge on any atom is 0.126 e. The van der Waals surface area contributed by atoms with E-state index in [0.29, 0.717) is 11.1 Å². The molecule has 82 valence electrons. The topological polar surface area (TPSA) is 28.2 Å². The summed E-state index contributed by atoms with van der Waals surface area (Å²) in [7, 11) is 2.18. The molecule has 1 saturated heterocycles. The summed E-state index contributed by atoms with van der Waals surface area (Å²) in [5.41, 5.74) is 0. The monoisotopic (exact) mass is 225 g/mol. The van der Waals surface area contributed by atoms with Crippen LogP contribution in [-0.2, 0) is 0 Å². The SMILES string of the molecule is CN1CCCC1CNc1ccc(Cl)cn1. The number of nitrogens with zero attached hydrogens (tertiary/aromatic N) is 2. The fourth-order valence-electron chi connectivity index (χ4n) is 1.94. The molecule has 4 heteroatoms. The van der Waals surface area contributed by atoms with Crippen LogP contribution in [0.2, 0.25) is 5.02 Å². The molecule has 15 heavy (non-hydrogen) atoms. The number of rotatable bonds is 3. The van der Waals surface area contributed by atoms with Crippen LogP contribution in [0.15, 0.2) is 18.3 Å². The number of aromatic nitrogens is 1.